The molecule has 0 fully saturated rings. The highest BCUT2D eigenvalue weighted by molar-refractivity contribution is 5.96. The lowest BCUT2D eigenvalue weighted by molar-refractivity contribution is 1.28. The Hall–Kier alpha value is -8.20. The molecular formula is C60H44N2. The summed E-state index contributed by atoms with van der Waals surface area (Å²) in [6.45, 7) is 0. The van der Waals surface area contributed by atoms with Crippen LogP contribution in [0.25, 0.3) is 55.6 Å². The zero-order valence-corrected chi connectivity index (χ0v) is 34.3. The number of nitrogens with zero attached hydrogens (tertiary/aromatic N) is 2. The number of anilines is 6. The summed E-state index contributed by atoms with van der Waals surface area (Å²) in [5, 5.41) is 0. The van der Waals surface area contributed by atoms with Gasteiger partial charge in [0, 0.05) is 34.1 Å². The van der Waals surface area contributed by atoms with Crippen LogP contribution in [0, 0.1) is 0 Å². The number of rotatable bonds is 11. The number of para-hydroxylation sites is 3. The second-order valence-corrected chi connectivity index (χ2v) is 15.4. The Labute approximate surface area is 364 Å². The lowest BCUT2D eigenvalue weighted by Gasteiger charge is -2.26. The third-order valence-electron chi connectivity index (χ3n) is 11.5. The van der Waals surface area contributed by atoms with Crippen LogP contribution in [0.5, 0.6) is 0 Å². The molecule has 0 N–H and O–H groups in total. The van der Waals surface area contributed by atoms with Gasteiger partial charge in [0.25, 0.3) is 0 Å². The summed E-state index contributed by atoms with van der Waals surface area (Å²) in [5.74, 6) is 0. The zero-order valence-electron chi connectivity index (χ0n) is 34.3. The van der Waals surface area contributed by atoms with Crippen molar-refractivity contribution in [3.8, 4) is 55.6 Å². The van der Waals surface area contributed by atoms with E-state index < -0.39 is 0 Å². The van der Waals surface area contributed by atoms with Gasteiger partial charge in [-0.3, -0.25) is 0 Å². The maximum atomic E-state index is 2.40. The SMILES string of the molecule is c1ccc(-c2ccc(N(c3ccccc3)c3ccc(-c4cc(-c5ccccc5)c(-c5ccc(N(c6ccccc6)c6ccccc6)cc5)cc4-c4ccccc4)cc3)cc2)cc1. The van der Waals surface area contributed by atoms with E-state index in [2.05, 4.69) is 277 Å². The maximum absolute atomic E-state index is 2.40. The van der Waals surface area contributed by atoms with E-state index in [1.165, 1.54) is 44.5 Å². The molecule has 10 aromatic carbocycles. The van der Waals surface area contributed by atoms with Crippen LogP contribution in [0.1, 0.15) is 0 Å². The molecule has 0 atom stereocenters. The molecule has 0 aromatic heterocycles. The molecule has 10 rings (SSSR count). The van der Waals surface area contributed by atoms with Crippen LogP contribution < -0.4 is 9.80 Å². The van der Waals surface area contributed by atoms with Crippen LogP contribution in [0.4, 0.5) is 34.1 Å². The minimum Gasteiger partial charge on any atom is -0.311 e. The molecule has 294 valence electrons. The van der Waals surface area contributed by atoms with E-state index in [1.807, 2.05) is 0 Å². The third kappa shape index (κ3) is 7.93. The molecule has 2 nitrogen and oxygen atoms in total. The molecule has 0 aliphatic heterocycles. The molecule has 62 heavy (non-hydrogen) atoms. The molecule has 0 amide bonds. The molecule has 0 unspecified atom stereocenters. The summed E-state index contributed by atoms with van der Waals surface area (Å²) in [6, 6.07) is 95.6. The zero-order chi connectivity index (χ0) is 41.5. The molecule has 0 aliphatic rings. The van der Waals surface area contributed by atoms with Crippen LogP contribution in [0.15, 0.2) is 267 Å². The summed E-state index contributed by atoms with van der Waals surface area (Å²) in [5.41, 5.74) is 18.4. The van der Waals surface area contributed by atoms with Crippen molar-refractivity contribution in [1.29, 1.82) is 0 Å². The van der Waals surface area contributed by atoms with Crippen molar-refractivity contribution in [1.82, 2.24) is 0 Å². The Morgan fingerprint density at radius 3 is 0.645 bits per heavy atom. The lowest BCUT2D eigenvalue weighted by atomic mass is 9.85. The molecule has 0 spiro atoms. The number of benzene rings is 10. The molecule has 0 saturated heterocycles. The van der Waals surface area contributed by atoms with Gasteiger partial charge in [0.15, 0.2) is 0 Å². The minimum atomic E-state index is 1.09. The Bertz CT molecular complexity index is 2950. The van der Waals surface area contributed by atoms with Crippen molar-refractivity contribution in [3.63, 3.8) is 0 Å². The molecule has 0 heterocycles. The van der Waals surface area contributed by atoms with Gasteiger partial charge in [0.1, 0.15) is 0 Å². The van der Waals surface area contributed by atoms with Gasteiger partial charge in [0.05, 0.1) is 0 Å². The van der Waals surface area contributed by atoms with E-state index in [4.69, 9.17) is 0 Å². The van der Waals surface area contributed by atoms with E-state index in [1.54, 1.807) is 0 Å². The van der Waals surface area contributed by atoms with E-state index in [0.717, 1.165) is 45.3 Å². The van der Waals surface area contributed by atoms with E-state index in [-0.39, 0.29) is 0 Å². The van der Waals surface area contributed by atoms with Crippen LogP contribution in [0.2, 0.25) is 0 Å². The molecular weight excluding hydrogens is 749 g/mol. The summed E-state index contributed by atoms with van der Waals surface area (Å²) < 4.78 is 0. The number of hydrogen-bond donors (Lipinski definition) is 0. The van der Waals surface area contributed by atoms with Crippen molar-refractivity contribution in [2.75, 3.05) is 9.80 Å². The van der Waals surface area contributed by atoms with Crippen LogP contribution in [0.3, 0.4) is 0 Å². The predicted octanol–water partition coefficient (Wildman–Crippen LogP) is 17.0. The highest BCUT2D eigenvalue weighted by atomic mass is 15.1. The van der Waals surface area contributed by atoms with Crippen molar-refractivity contribution < 1.29 is 0 Å². The average molecular weight is 793 g/mol. The molecule has 0 radical (unpaired) electrons. The van der Waals surface area contributed by atoms with Gasteiger partial charge in [-0.1, -0.05) is 182 Å². The van der Waals surface area contributed by atoms with Crippen LogP contribution >= 0.6 is 0 Å². The molecule has 0 aliphatic carbocycles. The van der Waals surface area contributed by atoms with Crippen LogP contribution in [-0.2, 0) is 0 Å². The van der Waals surface area contributed by atoms with Gasteiger partial charge in [-0.25, -0.2) is 0 Å². The van der Waals surface area contributed by atoms with E-state index in [0.29, 0.717) is 0 Å². The first kappa shape index (κ1) is 38.0. The number of hydrogen-bond acceptors (Lipinski definition) is 2. The van der Waals surface area contributed by atoms with Gasteiger partial charge >= 0.3 is 0 Å². The second-order valence-electron chi connectivity index (χ2n) is 15.4. The van der Waals surface area contributed by atoms with Gasteiger partial charge in [-0.15, -0.1) is 0 Å². The molecule has 0 saturated carbocycles. The predicted molar refractivity (Wildman–Crippen MR) is 263 cm³/mol. The van der Waals surface area contributed by atoms with Gasteiger partial charge in [-0.2, -0.15) is 0 Å². The lowest BCUT2D eigenvalue weighted by Crippen LogP contribution is -2.09. The fourth-order valence-electron chi connectivity index (χ4n) is 8.43. The quantitative estimate of drug-likeness (QED) is 0.129. The highest BCUT2D eigenvalue weighted by Gasteiger charge is 2.19. The molecule has 0 bridgehead atoms. The van der Waals surface area contributed by atoms with Crippen molar-refractivity contribution >= 4 is 34.1 Å². The van der Waals surface area contributed by atoms with E-state index in [9.17, 15) is 0 Å². The topological polar surface area (TPSA) is 6.48 Å². The van der Waals surface area contributed by atoms with Crippen LogP contribution in [-0.4, -0.2) is 0 Å². The van der Waals surface area contributed by atoms with Gasteiger partial charge < -0.3 is 9.80 Å². The standard InChI is InChI=1S/C60H44N2/c1-7-19-45(20-8-1)46-31-37-54(38-32-46)62(53-29-17-6-18-30-53)56-41-35-50(36-42-56)60-44-57(47-21-9-2-10-22-47)59(43-58(60)48-23-11-3-12-24-48)49-33-39-55(40-34-49)61(51-25-13-4-14-26-51)52-27-15-5-16-28-52/h1-44H. The summed E-state index contributed by atoms with van der Waals surface area (Å²) >= 11 is 0. The fraction of sp³-hybridized carbons (Fsp3) is 0. The Morgan fingerprint density at radius 2 is 0.355 bits per heavy atom. The summed E-state index contributed by atoms with van der Waals surface area (Å²) in [4.78, 5) is 4.64. The first-order valence-electron chi connectivity index (χ1n) is 21.2. The first-order valence-corrected chi connectivity index (χ1v) is 21.2. The first-order chi connectivity index (χ1) is 30.8. The molecule has 2 heteroatoms. The largest absolute Gasteiger partial charge is 0.311 e. The smallest absolute Gasteiger partial charge is 0.0462 e. The normalized spacial score (nSPS) is 10.9. The average Bonchev–Trinajstić information content (AvgIpc) is 3.36. The second kappa shape index (κ2) is 17.6. The summed E-state index contributed by atoms with van der Waals surface area (Å²) in [6.07, 6.45) is 0. The third-order valence-corrected chi connectivity index (χ3v) is 11.5. The van der Waals surface area contributed by atoms with Gasteiger partial charge in [-0.05, 0) is 141 Å². The monoisotopic (exact) mass is 792 g/mol. The van der Waals surface area contributed by atoms with Crippen molar-refractivity contribution in [2.24, 2.45) is 0 Å². The summed E-state index contributed by atoms with van der Waals surface area (Å²) in [7, 11) is 0. The van der Waals surface area contributed by atoms with Crippen molar-refractivity contribution in [3.05, 3.63) is 267 Å². The van der Waals surface area contributed by atoms with Gasteiger partial charge in [0.2, 0.25) is 0 Å². The van der Waals surface area contributed by atoms with Crippen molar-refractivity contribution in [2.45, 2.75) is 0 Å². The highest BCUT2D eigenvalue weighted by Crippen LogP contribution is 2.44. The Balaban J connectivity index is 1.08. The minimum absolute atomic E-state index is 1.09. The van der Waals surface area contributed by atoms with E-state index >= 15 is 0 Å². The fourth-order valence-corrected chi connectivity index (χ4v) is 8.43. The molecule has 10 aromatic rings. The maximum Gasteiger partial charge on any atom is 0.0462 e. The Kier molecular flexibility index (Phi) is 10.8. The Morgan fingerprint density at radius 1 is 0.161 bits per heavy atom.